The standard InChI is InChI=1S/C8H15N/c1-7-5-4-6-8(2,3)9-7/h4-6H2,1-3H3. The Kier molecular flexibility index (Phi) is 1.60. The lowest BCUT2D eigenvalue weighted by molar-refractivity contribution is 0.447. The van der Waals surface area contributed by atoms with Crippen molar-refractivity contribution >= 4 is 5.71 Å². The maximum atomic E-state index is 4.53. The van der Waals surface area contributed by atoms with E-state index < -0.39 is 0 Å². The molecule has 1 heteroatoms. The molecule has 0 aromatic carbocycles. The summed E-state index contributed by atoms with van der Waals surface area (Å²) >= 11 is 0. The molecule has 0 spiro atoms. The van der Waals surface area contributed by atoms with Crippen molar-refractivity contribution < 1.29 is 0 Å². The fourth-order valence-corrected chi connectivity index (χ4v) is 1.41. The first kappa shape index (κ1) is 6.79. The van der Waals surface area contributed by atoms with Crippen molar-refractivity contribution in [3.8, 4) is 0 Å². The van der Waals surface area contributed by atoms with Crippen LogP contribution in [0.15, 0.2) is 4.99 Å². The number of hydrogen-bond acceptors (Lipinski definition) is 1. The van der Waals surface area contributed by atoms with Crippen molar-refractivity contribution in [2.75, 3.05) is 0 Å². The first-order valence-corrected chi connectivity index (χ1v) is 3.65. The van der Waals surface area contributed by atoms with Crippen LogP contribution in [0.2, 0.25) is 0 Å². The minimum atomic E-state index is 0.238. The highest BCUT2D eigenvalue weighted by Gasteiger charge is 2.19. The zero-order valence-electron chi connectivity index (χ0n) is 6.57. The molecule has 0 aliphatic carbocycles. The van der Waals surface area contributed by atoms with E-state index in [0.717, 1.165) is 0 Å². The van der Waals surface area contributed by atoms with Gasteiger partial charge in [0.15, 0.2) is 0 Å². The molecule has 0 aromatic rings. The smallest absolute Gasteiger partial charge is 0.0551 e. The summed E-state index contributed by atoms with van der Waals surface area (Å²) in [5.74, 6) is 0. The number of hydrogen-bond donors (Lipinski definition) is 0. The lowest BCUT2D eigenvalue weighted by Crippen LogP contribution is -2.22. The van der Waals surface area contributed by atoms with Gasteiger partial charge in [-0.15, -0.1) is 0 Å². The Balaban J connectivity index is 2.68. The van der Waals surface area contributed by atoms with Crippen molar-refractivity contribution in [3.63, 3.8) is 0 Å². The molecule has 0 saturated heterocycles. The van der Waals surface area contributed by atoms with Crippen molar-refractivity contribution in [2.24, 2.45) is 4.99 Å². The predicted molar refractivity (Wildman–Crippen MR) is 41.0 cm³/mol. The quantitative estimate of drug-likeness (QED) is 0.471. The molecule has 1 aliphatic rings. The van der Waals surface area contributed by atoms with E-state index in [2.05, 4.69) is 25.8 Å². The van der Waals surface area contributed by atoms with E-state index in [-0.39, 0.29) is 5.54 Å². The largest absolute Gasteiger partial charge is 0.288 e. The van der Waals surface area contributed by atoms with Gasteiger partial charge in [0, 0.05) is 5.71 Å². The fourth-order valence-electron chi connectivity index (χ4n) is 1.41. The van der Waals surface area contributed by atoms with Crippen LogP contribution in [0.5, 0.6) is 0 Å². The highest BCUT2D eigenvalue weighted by atomic mass is 14.9. The van der Waals surface area contributed by atoms with Crippen LogP contribution in [-0.4, -0.2) is 11.3 Å². The third-order valence-electron chi connectivity index (χ3n) is 1.82. The van der Waals surface area contributed by atoms with Gasteiger partial charge in [-0.1, -0.05) is 0 Å². The van der Waals surface area contributed by atoms with E-state index in [0.29, 0.717) is 0 Å². The van der Waals surface area contributed by atoms with Crippen LogP contribution in [0, 0.1) is 0 Å². The third-order valence-corrected chi connectivity index (χ3v) is 1.82. The molecule has 0 bridgehead atoms. The predicted octanol–water partition coefficient (Wildman–Crippen LogP) is 2.41. The average Bonchev–Trinajstić information content (AvgIpc) is 1.60. The molecule has 1 heterocycles. The minimum Gasteiger partial charge on any atom is -0.288 e. The van der Waals surface area contributed by atoms with E-state index >= 15 is 0 Å². The van der Waals surface area contributed by atoms with Crippen molar-refractivity contribution in [1.82, 2.24) is 0 Å². The number of nitrogens with zero attached hydrogens (tertiary/aromatic N) is 1. The fraction of sp³-hybridized carbons (Fsp3) is 0.875. The molecular weight excluding hydrogens is 110 g/mol. The second-order valence-electron chi connectivity index (χ2n) is 3.51. The number of rotatable bonds is 0. The van der Waals surface area contributed by atoms with Crippen LogP contribution in [0.4, 0.5) is 0 Å². The summed E-state index contributed by atoms with van der Waals surface area (Å²) in [6.07, 6.45) is 3.79. The van der Waals surface area contributed by atoms with Gasteiger partial charge in [0.1, 0.15) is 0 Å². The molecule has 0 N–H and O–H groups in total. The molecule has 0 saturated carbocycles. The number of aliphatic imine (C=N–C) groups is 1. The first-order valence-electron chi connectivity index (χ1n) is 3.65. The molecule has 52 valence electrons. The topological polar surface area (TPSA) is 12.4 Å². The zero-order valence-corrected chi connectivity index (χ0v) is 6.57. The van der Waals surface area contributed by atoms with Crippen molar-refractivity contribution in [3.05, 3.63) is 0 Å². The minimum absolute atomic E-state index is 0.238. The molecular formula is C8H15N. The lowest BCUT2D eigenvalue weighted by atomic mass is 9.93. The van der Waals surface area contributed by atoms with Gasteiger partial charge in [0.2, 0.25) is 0 Å². The van der Waals surface area contributed by atoms with Crippen molar-refractivity contribution in [1.29, 1.82) is 0 Å². The third kappa shape index (κ3) is 1.81. The maximum absolute atomic E-state index is 4.53. The second kappa shape index (κ2) is 2.13. The molecule has 9 heavy (non-hydrogen) atoms. The van der Waals surface area contributed by atoms with Crippen LogP contribution in [0.1, 0.15) is 40.0 Å². The van der Waals surface area contributed by atoms with Gasteiger partial charge in [-0.2, -0.15) is 0 Å². The summed E-state index contributed by atoms with van der Waals surface area (Å²) < 4.78 is 0. The Morgan fingerprint density at radius 3 is 2.44 bits per heavy atom. The van der Waals surface area contributed by atoms with Crippen molar-refractivity contribution in [2.45, 2.75) is 45.6 Å². The summed E-state index contributed by atoms with van der Waals surface area (Å²) in [4.78, 5) is 4.53. The molecule has 0 atom stereocenters. The summed E-state index contributed by atoms with van der Waals surface area (Å²) in [5, 5.41) is 0. The van der Waals surface area contributed by atoms with E-state index in [1.54, 1.807) is 0 Å². The zero-order chi connectivity index (χ0) is 6.91. The SMILES string of the molecule is CC1=NC(C)(C)CCC1. The van der Waals surface area contributed by atoms with E-state index in [1.807, 2.05) is 0 Å². The van der Waals surface area contributed by atoms with Gasteiger partial charge in [-0.05, 0) is 40.0 Å². The Hall–Kier alpha value is -0.330. The Labute approximate surface area is 57.2 Å². The summed E-state index contributed by atoms with van der Waals surface area (Å²) in [6, 6.07) is 0. The van der Waals surface area contributed by atoms with Crippen LogP contribution in [0.25, 0.3) is 0 Å². The molecule has 0 amide bonds. The highest BCUT2D eigenvalue weighted by Crippen LogP contribution is 2.23. The summed E-state index contributed by atoms with van der Waals surface area (Å²) in [5.41, 5.74) is 1.56. The normalized spacial score (nSPS) is 25.4. The van der Waals surface area contributed by atoms with Crippen LogP contribution in [0.3, 0.4) is 0 Å². The molecule has 1 aliphatic heterocycles. The van der Waals surface area contributed by atoms with E-state index in [9.17, 15) is 0 Å². The Morgan fingerprint density at radius 1 is 1.44 bits per heavy atom. The summed E-state index contributed by atoms with van der Waals surface area (Å²) in [7, 11) is 0. The average molecular weight is 125 g/mol. The summed E-state index contributed by atoms with van der Waals surface area (Å²) in [6.45, 7) is 6.53. The second-order valence-corrected chi connectivity index (χ2v) is 3.51. The van der Waals surface area contributed by atoms with Gasteiger partial charge < -0.3 is 0 Å². The Morgan fingerprint density at radius 2 is 2.11 bits per heavy atom. The highest BCUT2D eigenvalue weighted by molar-refractivity contribution is 5.82. The van der Waals surface area contributed by atoms with Crippen LogP contribution < -0.4 is 0 Å². The van der Waals surface area contributed by atoms with Gasteiger partial charge >= 0.3 is 0 Å². The monoisotopic (exact) mass is 125 g/mol. The Bertz CT molecular complexity index is 134. The van der Waals surface area contributed by atoms with Gasteiger partial charge in [0.25, 0.3) is 0 Å². The van der Waals surface area contributed by atoms with Gasteiger partial charge in [-0.25, -0.2) is 0 Å². The van der Waals surface area contributed by atoms with E-state index in [1.165, 1.54) is 25.0 Å². The van der Waals surface area contributed by atoms with Gasteiger partial charge in [-0.3, -0.25) is 4.99 Å². The van der Waals surface area contributed by atoms with E-state index in [4.69, 9.17) is 0 Å². The molecule has 0 radical (unpaired) electrons. The van der Waals surface area contributed by atoms with Crippen LogP contribution >= 0.6 is 0 Å². The molecule has 0 aromatic heterocycles. The molecule has 0 fully saturated rings. The van der Waals surface area contributed by atoms with Crippen LogP contribution in [-0.2, 0) is 0 Å². The van der Waals surface area contributed by atoms with Gasteiger partial charge in [0.05, 0.1) is 5.54 Å². The molecule has 1 nitrogen and oxygen atoms in total. The molecule has 1 rings (SSSR count). The molecule has 0 unspecified atom stereocenters. The first-order chi connectivity index (χ1) is 4.10. The lowest BCUT2D eigenvalue weighted by Gasteiger charge is -2.25. The maximum Gasteiger partial charge on any atom is 0.0551 e.